The van der Waals surface area contributed by atoms with E-state index >= 15 is 0 Å². The third-order valence-electron chi connectivity index (χ3n) is 5.09. The number of nitriles is 1. The fourth-order valence-electron chi connectivity index (χ4n) is 3.18. The van der Waals surface area contributed by atoms with E-state index in [2.05, 4.69) is 21.2 Å². The highest BCUT2D eigenvalue weighted by molar-refractivity contribution is 9.10. The topological polar surface area (TPSA) is 80.6 Å². The number of halogens is 1. The van der Waals surface area contributed by atoms with E-state index in [0.717, 1.165) is 15.6 Å². The summed E-state index contributed by atoms with van der Waals surface area (Å²) in [6.07, 6.45) is 1.52. The average molecular weight is 521 g/mol. The molecule has 0 radical (unpaired) electrons. The zero-order valence-corrected chi connectivity index (χ0v) is 20.8. The van der Waals surface area contributed by atoms with Gasteiger partial charge in [-0.05, 0) is 48.9 Å². The number of amides is 1. The van der Waals surface area contributed by atoms with Crippen LogP contribution in [0.15, 0.2) is 70.7 Å². The molecule has 0 fully saturated rings. The predicted octanol–water partition coefficient (Wildman–Crippen LogP) is 5.58. The highest BCUT2D eigenvalue weighted by atomic mass is 79.9. The first-order chi connectivity index (χ1) is 16.4. The number of carbonyl (C=O) groups excluding carboxylic acids is 1. The van der Waals surface area contributed by atoms with E-state index in [0.29, 0.717) is 29.4 Å². The number of aryl methyl sites for hydroxylation is 1. The fourth-order valence-corrected chi connectivity index (χ4v) is 3.56. The Labute approximate surface area is 207 Å². The number of carbonyl (C=O) groups is 1. The van der Waals surface area contributed by atoms with Gasteiger partial charge in [-0.15, -0.1) is 0 Å². The molecule has 0 unspecified atom stereocenters. The fraction of sp³-hybridized carbons (Fsp3) is 0.185. The summed E-state index contributed by atoms with van der Waals surface area (Å²) < 4.78 is 17.4. The van der Waals surface area contributed by atoms with Crippen LogP contribution in [0.2, 0.25) is 0 Å². The van der Waals surface area contributed by atoms with E-state index in [1.165, 1.54) is 11.6 Å². The number of ether oxygens (including phenoxy) is 3. The summed E-state index contributed by atoms with van der Waals surface area (Å²) in [6.45, 7) is 2.59. The van der Waals surface area contributed by atoms with Crippen molar-refractivity contribution in [3.63, 3.8) is 0 Å². The molecule has 0 spiro atoms. The Bertz CT molecular complexity index is 1230. The van der Waals surface area contributed by atoms with Crippen LogP contribution in [0, 0.1) is 18.3 Å². The molecule has 7 heteroatoms. The molecule has 174 valence electrons. The number of nitrogens with one attached hydrogen (secondary N) is 1. The van der Waals surface area contributed by atoms with Gasteiger partial charge in [-0.25, -0.2) is 0 Å². The van der Waals surface area contributed by atoms with Crippen molar-refractivity contribution in [2.45, 2.75) is 20.1 Å². The molecule has 0 aliphatic heterocycles. The highest BCUT2D eigenvalue weighted by Crippen LogP contribution is 2.27. The van der Waals surface area contributed by atoms with Crippen molar-refractivity contribution in [3.8, 4) is 23.3 Å². The van der Waals surface area contributed by atoms with Gasteiger partial charge in [-0.3, -0.25) is 4.79 Å². The number of nitrogens with zero attached hydrogens (tertiary/aromatic N) is 1. The molecule has 0 aromatic heterocycles. The maximum absolute atomic E-state index is 12.8. The first kappa shape index (κ1) is 24.9. The molecule has 6 nitrogen and oxygen atoms in total. The van der Waals surface area contributed by atoms with Crippen LogP contribution >= 0.6 is 15.9 Å². The van der Waals surface area contributed by atoms with Gasteiger partial charge in [-0.2, -0.15) is 5.26 Å². The van der Waals surface area contributed by atoms with Gasteiger partial charge in [0.2, 0.25) is 0 Å². The molecule has 1 N–H and O–H groups in total. The maximum Gasteiger partial charge on any atom is 0.262 e. The minimum Gasteiger partial charge on any atom is -0.497 e. The molecule has 0 saturated heterocycles. The van der Waals surface area contributed by atoms with E-state index in [1.54, 1.807) is 38.5 Å². The lowest BCUT2D eigenvalue weighted by Crippen LogP contribution is -2.24. The van der Waals surface area contributed by atoms with Crippen molar-refractivity contribution >= 4 is 27.9 Å². The van der Waals surface area contributed by atoms with Crippen LogP contribution in [-0.4, -0.2) is 20.1 Å². The second-order valence-corrected chi connectivity index (χ2v) is 8.40. The van der Waals surface area contributed by atoms with E-state index in [9.17, 15) is 10.1 Å². The third-order valence-corrected chi connectivity index (χ3v) is 5.58. The number of hydrogen-bond acceptors (Lipinski definition) is 5. The second-order valence-electron chi connectivity index (χ2n) is 7.49. The van der Waals surface area contributed by atoms with Crippen molar-refractivity contribution < 1.29 is 19.0 Å². The lowest BCUT2D eigenvalue weighted by molar-refractivity contribution is -0.117. The standard InChI is InChI=1S/C27H25BrN2O4/c1-18-4-6-19(7-5-18)17-34-25-11-9-23(28)13-21(25)12-22(15-29)27(31)30-16-20-8-10-24(32-2)14-26(20)33-3/h4-14H,16-17H2,1-3H3,(H,30,31)/b22-12+. The molecular weight excluding hydrogens is 496 g/mol. The Morgan fingerprint density at radius 1 is 1.03 bits per heavy atom. The summed E-state index contributed by atoms with van der Waals surface area (Å²) in [5, 5.41) is 12.4. The Hall–Kier alpha value is -3.76. The van der Waals surface area contributed by atoms with Gasteiger partial charge in [0.25, 0.3) is 5.91 Å². The number of rotatable bonds is 9. The summed E-state index contributed by atoms with van der Waals surface area (Å²) >= 11 is 3.45. The molecule has 34 heavy (non-hydrogen) atoms. The van der Waals surface area contributed by atoms with E-state index in [1.807, 2.05) is 49.4 Å². The maximum atomic E-state index is 12.8. The van der Waals surface area contributed by atoms with Crippen LogP contribution in [0.5, 0.6) is 17.2 Å². The average Bonchev–Trinajstić information content (AvgIpc) is 2.86. The van der Waals surface area contributed by atoms with Crippen LogP contribution in [0.4, 0.5) is 0 Å². The van der Waals surface area contributed by atoms with Crippen molar-refractivity contribution in [3.05, 3.63) is 93.0 Å². The van der Waals surface area contributed by atoms with Crippen molar-refractivity contribution in [1.82, 2.24) is 5.32 Å². The molecule has 3 aromatic carbocycles. The zero-order valence-electron chi connectivity index (χ0n) is 19.2. The smallest absolute Gasteiger partial charge is 0.262 e. The third kappa shape index (κ3) is 6.63. The molecule has 0 aliphatic rings. The Morgan fingerprint density at radius 3 is 2.47 bits per heavy atom. The van der Waals surface area contributed by atoms with Crippen LogP contribution < -0.4 is 19.5 Å². The van der Waals surface area contributed by atoms with Crippen LogP contribution in [-0.2, 0) is 17.9 Å². The van der Waals surface area contributed by atoms with Gasteiger partial charge in [0.05, 0.1) is 14.2 Å². The summed E-state index contributed by atoms with van der Waals surface area (Å²) in [4.78, 5) is 12.8. The highest BCUT2D eigenvalue weighted by Gasteiger charge is 2.13. The largest absolute Gasteiger partial charge is 0.497 e. The monoisotopic (exact) mass is 520 g/mol. The van der Waals surface area contributed by atoms with Gasteiger partial charge in [0, 0.05) is 28.2 Å². The molecule has 0 atom stereocenters. The Balaban J connectivity index is 1.76. The minimum absolute atomic E-state index is 0.0363. The molecule has 0 bridgehead atoms. The SMILES string of the molecule is COc1ccc(CNC(=O)/C(C#N)=C/c2cc(Br)ccc2OCc2ccc(C)cc2)c(OC)c1. The van der Waals surface area contributed by atoms with Crippen molar-refractivity contribution in [2.75, 3.05) is 14.2 Å². The van der Waals surface area contributed by atoms with Crippen LogP contribution in [0.1, 0.15) is 22.3 Å². The van der Waals surface area contributed by atoms with Crippen molar-refractivity contribution in [1.29, 1.82) is 5.26 Å². The van der Waals surface area contributed by atoms with Gasteiger partial charge >= 0.3 is 0 Å². The minimum atomic E-state index is -0.496. The Kier molecular flexibility index (Phi) is 8.72. The predicted molar refractivity (Wildman–Crippen MR) is 135 cm³/mol. The summed E-state index contributed by atoms with van der Waals surface area (Å²) in [7, 11) is 3.12. The number of methoxy groups -OCH3 is 2. The molecule has 0 saturated carbocycles. The zero-order chi connectivity index (χ0) is 24.5. The van der Waals surface area contributed by atoms with Crippen molar-refractivity contribution in [2.24, 2.45) is 0 Å². The van der Waals surface area contributed by atoms with Crippen LogP contribution in [0.25, 0.3) is 6.08 Å². The lowest BCUT2D eigenvalue weighted by Gasteiger charge is -2.12. The van der Waals surface area contributed by atoms with Gasteiger partial charge in [-0.1, -0.05) is 45.8 Å². The van der Waals surface area contributed by atoms with Crippen LogP contribution in [0.3, 0.4) is 0 Å². The molecule has 3 rings (SSSR count). The molecule has 3 aromatic rings. The normalized spacial score (nSPS) is 10.9. The van der Waals surface area contributed by atoms with Gasteiger partial charge in [0.1, 0.15) is 35.5 Å². The van der Waals surface area contributed by atoms with E-state index < -0.39 is 5.91 Å². The summed E-state index contributed by atoms with van der Waals surface area (Å²) in [6, 6.07) is 20.8. The molecular formula is C27H25BrN2O4. The second kappa shape index (κ2) is 11.9. The molecule has 0 aliphatic carbocycles. The van der Waals surface area contributed by atoms with E-state index in [-0.39, 0.29) is 12.1 Å². The first-order valence-corrected chi connectivity index (χ1v) is 11.3. The van der Waals surface area contributed by atoms with E-state index in [4.69, 9.17) is 14.2 Å². The first-order valence-electron chi connectivity index (χ1n) is 10.5. The quantitative estimate of drug-likeness (QED) is 0.294. The number of hydrogen-bond donors (Lipinski definition) is 1. The van der Waals surface area contributed by atoms with Gasteiger partial charge in [0.15, 0.2) is 0 Å². The van der Waals surface area contributed by atoms with Gasteiger partial charge < -0.3 is 19.5 Å². The summed E-state index contributed by atoms with van der Waals surface area (Å²) in [5.41, 5.74) is 3.54. The number of benzene rings is 3. The molecule has 1 amide bonds. The summed E-state index contributed by atoms with van der Waals surface area (Å²) in [5.74, 6) is 1.31. The lowest BCUT2D eigenvalue weighted by atomic mass is 10.1. The Morgan fingerprint density at radius 2 is 1.79 bits per heavy atom. The molecule has 0 heterocycles.